The van der Waals surface area contributed by atoms with Gasteiger partial charge in [-0.15, -0.1) is 0 Å². The Morgan fingerprint density at radius 2 is 1.49 bits per heavy atom. The molecule has 0 bridgehead atoms. The van der Waals surface area contributed by atoms with Crippen molar-refractivity contribution in [1.29, 1.82) is 0 Å². The first kappa shape index (κ1) is 22.8. The Morgan fingerprint density at radius 3 is 2.11 bits per heavy atom. The molecule has 0 heterocycles. The molecule has 0 radical (unpaired) electrons. The maximum absolute atomic E-state index is 13.7. The summed E-state index contributed by atoms with van der Waals surface area (Å²) in [5.41, 5.74) is 11.7. The van der Waals surface area contributed by atoms with Crippen LogP contribution < -0.4 is 5.73 Å². The Balaban J connectivity index is 1.44. The number of nitrogens with two attached hydrogens (primary N) is 1. The number of carboxylic acids is 1. The number of rotatable bonds is 7. The quantitative estimate of drug-likeness (QED) is 0.470. The van der Waals surface area contributed by atoms with Crippen molar-refractivity contribution in [1.82, 2.24) is 0 Å². The molecule has 2 aliphatic carbocycles. The second kappa shape index (κ2) is 9.35. The number of esters is 1. The molecule has 0 aromatic heterocycles. The molecule has 5 rings (SSSR count). The maximum Gasteiger partial charge on any atom is 0.315 e. The summed E-state index contributed by atoms with van der Waals surface area (Å²) in [6.45, 7) is 0.185. The molecule has 0 amide bonds. The molecule has 2 atom stereocenters. The highest BCUT2D eigenvalue weighted by atomic mass is 16.5. The van der Waals surface area contributed by atoms with Gasteiger partial charge in [0.2, 0.25) is 0 Å². The molecule has 3 aromatic carbocycles. The van der Waals surface area contributed by atoms with E-state index >= 15 is 0 Å². The van der Waals surface area contributed by atoms with Crippen molar-refractivity contribution in [3.05, 3.63) is 114 Å². The number of allylic oxidation sites excluding steroid dienone is 2. The van der Waals surface area contributed by atoms with Gasteiger partial charge < -0.3 is 15.6 Å². The third kappa shape index (κ3) is 4.31. The average molecular weight is 466 g/mol. The molecular formula is C30H27NO4. The minimum atomic E-state index is -1.17. The smallest absolute Gasteiger partial charge is 0.315 e. The SMILES string of the molecule is NC1(CCC(=O)O)C=CC=C(c2ccccc2)C1C(=O)OCC1c2ccccc2-c2ccccc21. The summed E-state index contributed by atoms with van der Waals surface area (Å²) >= 11 is 0. The predicted molar refractivity (Wildman–Crippen MR) is 136 cm³/mol. The van der Waals surface area contributed by atoms with Gasteiger partial charge in [-0.2, -0.15) is 0 Å². The first-order valence-electron chi connectivity index (χ1n) is 11.8. The van der Waals surface area contributed by atoms with Gasteiger partial charge in [0, 0.05) is 12.3 Å². The summed E-state index contributed by atoms with van der Waals surface area (Å²) in [5, 5.41) is 9.29. The minimum Gasteiger partial charge on any atom is -0.481 e. The Morgan fingerprint density at radius 1 is 0.886 bits per heavy atom. The average Bonchev–Trinajstić information content (AvgIpc) is 3.20. The Kier molecular flexibility index (Phi) is 6.10. The highest BCUT2D eigenvalue weighted by molar-refractivity contribution is 5.92. The predicted octanol–water partition coefficient (Wildman–Crippen LogP) is 5.17. The van der Waals surface area contributed by atoms with Crippen LogP contribution in [0.25, 0.3) is 16.7 Å². The molecule has 3 aromatic rings. The fourth-order valence-corrected chi connectivity index (χ4v) is 5.29. The summed E-state index contributed by atoms with van der Waals surface area (Å²) < 4.78 is 5.99. The fraction of sp³-hybridized carbons (Fsp3) is 0.200. The van der Waals surface area contributed by atoms with Crippen molar-refractivity contribution in [2.24, 2.45) is 11.7 Å². The zero-order valence-electron chi connectivity index (χ0n) is 19.3. The van der Waals surface area contributed by atoms with E-state index in [1.54, 1.807) is 12.2 Å². The molecule has 0 spiro atoms. The van der Waals surface area contributed by atoms with Crippen LogP contribution in [0.4, 0.5) is 0 Å². The Hall–Kier alpha value is -3.96. The van der Waals surface area contributed by atoms with Crippen LogP contribution in [0.5, 0.6) is 0 Å². The largest absolute Gasteiger partial charge is 0.481 e. The highest BCUT2D eigenvalue weighted by Gasteiger charge is 2.44. The van der Waals surface area contributed by atoms with Gasteiger partial charge in [-0.1, -0.05) is 97.1 Å². The van der Waals surface area contributed by atoms with Crippen molar-refractivity contribution in [2.45, 2.75) is 24.3 Å². The van der Waals surface area contributed by atoms with E-state index < -0.39 is 23.4 Å². The number of carbonyl (C=O) groups is 2. The number of hydrogen-bond donors (Lipinski definition) is 2. The molecule has 2 aliphatic rings. The summed E-state index contributed by atoms with van der Waals surface area (Å²) in [6, 6.07) is 25.9. The Labute approximate surface area is 204 Å². The molecule has 0 saturated heterocycles. The number of hydrogen-bond acceptors (Lipinski definition) is 4. The van der Waals surface area contributed by atoms with Crippen LogP contribution in [0.3, 0.4) is 0 Å². The summed E-state index contributed by atoms with van der Waals surface area (Å²) in [5.74, 6) is -2.29. The van der Waals surface area contributed by atoms with Crippen LogP contribution in [0.15, 0.2) is 97.1 Å². The molecule has 35 heavy (non-hydrogen) atoms. The standard InChI is InChI=1S/C30H27NO4/c31-30(18-16-27(32)33)17-8-15-21(20-9-2-1-3-10-20)28(30)29(34)35-19-26-24-13-6-4-11-22(24)23-12-5-7-14-25(23)26/h1-15,17,26,28H,16,18-19,31H2,(H,32,33). The lowest BCUT2D eigenvalue weighted by Crippen LogP contribution is -2.51. The van der Waals surface area contributed by atoms with Crippen molar-refractivity contribution >= 4 is 17.5 Å². The van der Waals surface area contributed by atoms with Gasteiger partial charge >= 0.3 is 11.9 Å². The van der Waals surface area contributed by atoms with Gasteiger partial charge in [0.25, 0.3) is 0 Å². The zero-order chi connectivity index (χ0) is 24.4. The van der Waals surface area contributed by atoms with Crippen molar-refractivity contribution < 1.29 is 19.4 Å². The normalized spacial score (nSPS) is 20.6. The van der Waals surface area contributed by atoms with E-state index in [9.17, 15) is 14.7 Å². The van der Waals surface area contributed by atoms with Crippen molar-refractivity contribution in [3.8, 4) is 11.1 Å². The Bertz CT molecular complexity index is 1280. The second-order valence-electron chi connectivity index (χ2n) is 9.14. The van der Waals surface area contributed by atoms with Crippen LogP contribution in [0.2, 0.25) is 0 Å². The van der Waals surface area contributed by atoms with E-state index in [0.717, 1.165) is 33.4 Å². The molecule has 2 unspecified atom stereocenters. The molecule has 0 aliphatic heterocycles. The first-order chi connectivity index (χ1) is 17.0. The number of benzene rings is 3. The second-order valence-corrected chi connectivity index (χ2v) is 9.14. The third-order valence-corrected chi connectivity index (χ3v) is 7.00. The van der Waals surface area contributed by atoms with Gasteiger partial charge in [-0.05, 0) is 39.8 Å². The molecule has 5 heteroatoms. The molecule has 176 valence electrons. The number of carbonyl (C=O) groups excluding carboxylic acids is 1. The van der Waals surface area contributed by atoms with E-state index in [1.807, 2.05) is 60.7 Å². The zero-order valence-corrected chi connectivity index (χ0v) is 19.3. The van der Waals surface area contributed by atoms with Crippen LogP contribution >= 0.6 is 0 Å². The number of carboxylic acid groups (broad SMARTS) is 1. The third-order valence-electron chi connectivity index (χ3n) is 7.00. The highest BCUT2D eigenvalue weighted by Crippen LogP contribution is 2.45. The van der Waals surface area contributed by atoms with Crippen LogP contribution in [0.1, 0.15) is 35.4 Å². The molecular weight excluding hydrogens is 438 g/mol. The van der Waals surface area contributed by atoms with Crippen LogP contribution in [0, 0.1) is 5.92 Å². The maximum atomic E-state index is 13.7. The van der Waals surface area contributed by atoms with Gasteiger partial charge in [0.15, 0.2) is 0 Å². The van der Waals surface area contributed by atoms with Gasteiger partial charge in [-0.3, -0.25) is 9.59 Å². The topological polar surface area (TPSA) is 89.6 Å². The van der Waals surface area contributed by atoms with E-state index in [-0.39, 0.29) is 25.4 Å². The summed E-state index contributed by atoms with van der Waals surface area (Å²) in [6.07, 6.45) is 5.38. The molecule has 5 nitrogen and oxygen atoms in total. The lowest BCUT2D eigenvalue weighted by Gasteiger charge is -2.37. The summed E-state index contributed by atoms with van der Waals surface area (Å²) in [4.78, 5) is 25.0. The number of aliphatic carboxylic acids is 1. The summed E-state index contributed by atoms with van der Waals surface area (Å²) in [7, 11) is 0. The van der Waals surface area contributed by atoms with E-state index in [1.165, 1.54) is 0 Å². The van der Waals surface area contributed by atoms with Gasteiger partial charge in [-0.25, -0.2) is 0 Å². The first-order valence-corrected chi connectivity index (χ1v) is 11.8. The van der Waals surface area contributed by atoms with Crippen LogP contribution in [-0.2, 0) is 14.3 Å². The monoisotopic (exact) mass is 465 g/mol. The van der Waals surface area contributed by atoms with Crippen molar-refractivity contribution in [3.63, 3.8) is 0 Å². The molecule has 3 N–H and O–H groups in total. The van der Waals surface area contributed by atoms with E-state index in [2.05, 4.69) is 24.3 Å². The van der Waals surface area contributed by atoms with Crippen molar-refractivity contribution in [2.75, 3.05) is 6.61 Å². The lowest BCUT2D eigenvalue weighted by atomic mass is 9.72. The molecule has 0 fully saturated rings. The fourth-order valence-electron chi connectivity index (χ4n) is 5.29. The van der Waals surface area contributed by atoms with Gasteiger partial charge in [0.05, 0.1) is 5.54 Å². The number of fused-ring (bicyclic) bond motifs is 3. The number of ether oxygens (including phenoxy) is 1. The van der Waals surface area contributed by atoms with Gasteiger partial charge in [0.1, 0.15) is 12.5 Å². The molecule has 0 saturated carbocycles. The lowest BCUT2D eigenvalue weighted by molar-refractivity contribution is -0.149. The van der Waals surface area contributed by atoms with E-state index in [4.69, 9.17) is 10.5 Å². The minimum absolute atomic E-state index is 0.0687. The van der Waals surface area contributed by atoms with Crippen LogP contribution in [-0.4, -0.2) is 29.2 Å². The van der Waals surface area contributed by atoms with E-state index in [0.29, 0.717) is 0 Å².